The predicted molar refractivity (Wildman–Crippen MR) is 122 cm³/mol. The summed E-state index contributed by atoms with van der Waals surface area (Å²) in [5, 5.41) is 2.29. The fraction of sp³-hybridized carbons (Fsp3) is 0.261. The summed E-state index contributed by atoms with van der Waals surface area (Å²) in [4.78, 5) is 38.2. The molecule has 0 unspecified atom stereocenters. The van der Waals surface area contributed by atoms with Crippen molar-refractivity contribution in [3.63, 3.8) is 0 Å². The highest BCUT2D eigenvalue weighted by atomic mass is 32.2. The number of thioether (sulfide) groups is 1. The lowest BCUT2D eigenvalue weighted by Crippen LogP contribution is -2.38. The van der Waals surface area contributed by atoms with Crippen LogP contribution in [0, 0.1) is 0 Å². The van der Waals surface area contributed by atoms with Crippen LogP contribution < -0.4 is 19.5 Å². The maximum Gasteiger partial charge on any atom is 0.293 e. The van der Waals surface area contributed by atoms with Crippen molar-refractivity contribution in [3.05, 3.63) is 59.0 Å². The molecule has 2 aromatic rings. The van der Waals surface area contributed by atoms with Crippen molar-refractivity contribution in [1.82, 2.24) is 10.2 Å². The first-order chi connectivity index (χ1) is 15.5. The summed E-state index contributed by atoms with van der Waals surface area (Å²) in [6, 6.07) is 14.1. The quantitative estimate of drug-likeness (QED) is 0.548. The zero-order valence-corrected chi connectivity index (χ0v) is 18.6. The smallest absolute Gasteiger partial charge is 0.293 e. The number of nitrogens with one attached hydrogen (secondary N) is 1. The van der Waals surface area contributed by atoms with Crippen LogP contribution in [-0.2, 0) is 9.59 Å². The molecule has 32 heavy (non-hydrogen) atoms. The third-order valence-electron chi connectivity index (χ3n) is 4.45. The minimum Gasteiger partial charge on any atom is -0.497 e. The molecule has 1 N–H and O–H groups in total. The molecule has 1 fully saturated rings. The summed E-state index contributed by atoms with van der Waals surface area (Å²) in [5.41, 5.74) is 0.788. The van der Waals surface area contributed by atoms with E-state index in [0.717, 1.165) is 28.0 Å². The highest BCUT2D eigenvalue weighted by Gasteiger charge is 2.34. The van der Waals surface area contributed by atoms with E-state index in [0.29, 0.717) is 23.0 Å². The van der Waals surface area contributed by atoms with Crippen LogP contribution in [0.1, 0.15) is 12.5 Å². The topological polar surface area (TPSA) is 94.2 Å². The van der Waals surface area contributed by atoms with Crippen molar-refractivity contribution >= 4 is 34.9 Å². The SMILES string of the molecule is CCOc1ccc(OCC(=O)NCCN2C(=O)SC(=Cc3ccc(OC)cc3)C2=O)cc1. The van der Waals surface area contributed by atoms with Gasteiger partial charge in [-0.2, -0.15) is 0 Å². The number of amides is 3. The number of ether oxygens (including phenoxy) is 3. The van der Waals surface area contributed by atoms with E-state index in [-0.39, 0.29) is 36.7 Å². The van der Waals surface area contributed by atoms with Gasteiger partial charge in [-0.15, -0.1) is 0 Å². The molecule has 1 saturated heterocycles. The van der Waals surface area contributed by atoms with E-state index in [1.54, 1.807) is 61.7 Å². The van der Waals surface area contributed by atoms with Gasteiger partial charge in [-0.1, -0.05) is 12.1 Å². The summed E-state index contributed by atoms with van der Waals surface area (Å²) in [6.45, 7) is 2.52. The number of hydrogen-bond acceptors (Lipinski definition) is 7. The fourth-order valence-corrected chi connectivity index (χ4v) is 3.72. The molecule has 2 aromatic carbocycles. The van der Waals surface area contributed by atoms with E-state index in [1.165, 1.54) is 0 Å². The Morgan fingerprint density at radius 2 is 1.62 bits per heavy atom. The number of carbonyl (C=O) groups excluding carboxylic acids is 3. The molecule has 1 aliphatic rings. The van der Waals surface area contributed by atoms with Crippen molar-refractivity contribution in [2.24, 2.45) is 0 Å². The Morgan fingerprint density at radius 3 is 2.25 bits per heavy atom. The lowest BCUT2D eigenvalue weighted by molar-refractivity contribution is -0.125. The lowest BCUT2D eigenvalue weighted by atomic mass is 10.2. The van der Waals surface area contributed by atoms with E-state index in [1.807, 2.05) is 6.92 Å². The second-order valence-electron chi connectivity index (χ2n) is 6.65. The number of benzene rings is 2. The Balaban J connectivity index is 1.44. The summed E-state index contributed by atoms with van der Waals surface area (Å²) in [7, 11) is 1.57. The van der Waals surface area contributed by atoms with Crippen LogP contribution >= 0.6 is 11.8 Å². The second kappa shape index (κ2) is 11.2. The van der Waals surface area contributed by atoms with Gasteiger partial charge >= 0.3 is 0 Å². The highest BCUT2D eigenvalue weighted by molar-refractivity contribution is 8.18. The molecule has 0 aliphatic carbocycles. The van der Waals surface area contributed by atoms with Crippen molar-refractivity contribution in [1.29, 1.82) is 0 Å². The van der Waals surface area contributed by atoms with Crippen LogP contribution in [0.25, 0.3) is 6.08 Å². The van der Waals surface area contributed by atoms with Crippen molar-refractivity contribution in [2.45, 2.75) is 6.92 Å². The van der Waals surface area contributed by atoms with Gasteiger partial charge in [-0.05, 0) is 66.7 Å². The van der Waals surface area contributed by atoms with Crippen LogP contribution in [-0.4, -0.2) is 55.4 Å². The molecular weight excluding hydrogens is 432 g/mol. The first-order valence-electron chi connectivity index (χ1n) is 10.0. The molecule has 168 valence electrons. The maximum absolute atomic E-state index is 12.5. The van der Waals surface area contributed by atoms with Crippen LogP contribution in [0.4, 0.5) is 4.79 Å². The summed E-state index contributed by atoms with van der Waals surface area (Å²) >= 11 is 0.877. The third-order valence-corrected chi connectivity index (χ3v) is 5.36. The standard InChI is InChI=1S/C23H24N2O6S/c1-3-30-18-8-10-19(11-9-18)31-15-21(26)24-12-13-25-22(27)20(32-23(25)28)14-16-4-6-17(29-2)7-5-16/h4-11,14H,3,12-13,15H2,1-2H3,(H,24,26). The van der Waals surface area contributed by atoms with Crippen LogP contribution in [0.5, 0.6) is 17.2 Å². The number of nitrogens with zero attached hydrogens (tertiary/aromatic N) is 1. The van der Waals surface area contributed by atoms with E-state index >= 15 is 0 Å². The van der Waals surface area contributed by atoms with Crippen molar-refractivity contribution in [2.75, 3.05) is 33.4 Å². The molecule has 8 nitrogen and oxygen atoms in total. The van der Waals surface area contributed by atoms with E-state index in [2.05, 4.69) is 5.32 Å². The summed E-state index contributed by atoms with van der Waals surface area (Å²) in [5.74, 6) is 1.24. The third kappa shape index (κ3) is 6.27. The van der Waals surface area contributed by atoms with Gasteiger partial charge in [0.2, 0.25) is 0 Å². The van der Waals surface area contributed by atoms with Crippen LogP contribution in [0.15, 0.2) is 53.4 Å². The Labute approximate surface area is 190 Å². The van der Waals surface area contributed by atoms with Gasteiger partial charge in [0.1, 0.15) is 17.2 Å². The maximum atomic E-state index is 12.5. The summed E-state index contributed by atoms with van der Waals surface area (Å²) < 4.78 is 15.9. The van der Waals surface area contributed by atoms with E-state index < -0.39 is 0 Å². The normalized spacial score (nSPS) is 14.6. The van der Waals surface area contributed by atoms with Gasteiger partial charge in [0.25, 0.3) is 17.1 Å². The molecule has 3 rings (SSSR count). The van der Waals surface area contributed by atoms with E-state index in [9.17, 15) is 14.4 Å². The number of carbonyl (C=O) groups is 3. The molecule has 0 spiro atoms. The fourth-order valence-electron chi connectivity index (χ4n) is 2.85. The minimum atomic E-state index is -0.379. The zero-order valence-electron chi connectivity index (χ0n) is 17.8. The van der Waals surface area contributed by atoms with Crippen LogP contribution in [0.2, 0.25) is 0 Å². The molecule has 0 bridgehead atoms. The first kappa shape index (κ1) is 23.2. The Kier molecular flexibility index (Phi) is 8.15. The molecule has 0 atom stereocenters. The molecule has 3 amide bonds. The number of rotatable bonds is 10. The molecule has 9 heteroatoms. The van der Waals surface area contributed by atoms with Gasteiger partial charge in [-0.3, -0.25) is 19.3 Å². The van der Waals surface area contributed by atoms with Gasteiger partial charge in [0.15, 0.2) is 6.61 Å². The molecule has 1 heterocycles. The molecule has 1 aliphatic heterocycles. The molecule has 0 saturated carbocycles. The minimum absolute atomic E-state index is 0.0828. The number of imide groups is 1. The van der Waals surface area contributed by atoms with Gasteiger partial charge in [0, 0.05) is 13.1 Å². The van der Waals surface area contributed by atoms with Gasteiger partial charge in [0.05, 0.1) is 18.6 Å². The number of methoxy groups -OCH3 is 1. The first-order valence-corrected chi connectivity index (χ1v) is 10.8. The van der Waals surface area contributed by atoms with Crippen molar-refractivity contribution in [3.8, 4) is 17.2 Å². The highest BCUT2D eigenvalue weighted by Crippen LogP contribution is 2.32. The predicted octanol–water partition coefficient (Wildman–Crippen LogP) is 3.33. The Hall–Kier alpha value is -3.46. The molecular formula is C23H24N2O6S. The largest absolute Gasteiger partial charge is 0.497 e. The van der Waals surface area contributed by atoms with Crippen molar-refractivity contribution < 1.29 is 28.6 Å². The van der Waals surface area contributed by atoms with Gasteiger partial charge < -0.3 is 19.5 Å². The van der Waals surface area contributed by atoms with E-state index in [4.69, 9.17) is 14.2 Å². The zero-order chi connectivity index (χ0) is 22.9. The number of hydrogen-bond donors (Lipinski definition) is 1. The molecule has 0 radical (unpaired) electrons. The monoisotopic (exact) mass is 456 g/mol. The van der Waals surface area contributed by atoms with Gasteiger partial charge in [-0.25, -0.2) is 0 Å². The average Bonchev–Trinajstić information content (AvgIpc) is 3.06. The van der Waals surface area contributed by atoms with Crippen LogP contribution in [0.3, 0.4) is 0 Å². The average molecular weight is 457 g/mol. The second-order valence-corrected chi connectivity index (χ2v) is 7.64. The Bertz CT molecular complexity index is 989. The molecule has 0 aromatic heterocycles. The lowest BCUT2D eigenvalue weighted by Gasteiger charge is -2.13. The Morgan fingerprint density at radius 1 is 1.00 bits per heavy atom. The summed E-state index contributed by atoms with van der Waals surface area (Å²) in [6.07, 6.45) is 1.66.